The van der Waals surface area contributed by atoms with Gasteiger partial charge in [-0.25, -0.2) is 4.79 Å². The molecule has 0 heterocycles. The van der Waals surface area contributed by atoms with Gasteiger partial charge in [0.15, 0.2) is 6.61 Å². The maximum atomic E-state index is 12.4. The van der Waals surface area contributed by atoms with E-state index in [1.165, 1.54) is 0 Å². The van der Waals surface area contributed by atoms with Crippen LogP contribution in [0.4, 0.5) is 0 Å². The lowest BCUT2D eigenvalue weighted by Crippen LogP contribution is -2.23. The molecule has 0 aliphatic rings. The molecule has 1 amide bonds. The van der Waals surface area contributed by atoms with Crippen LogP contribution in [0.15, 0.2) is 36.4 Å². The number of carbonyl (C=O) groups excluding carboxylic acids is 1. The van der Waals surface area contributed by atoms with E-state index in [0.717, 1.165) is 11.1 Å². The molecular formula is C19H21NO5. The third kappa shape index (κ3) is 5.06. The highest BCUT2D eigenvalue weighted by molar-refractivity contribution is 5.94. The Morgan fingerprint density at radius 3 is 2.32 bits per heavy atom. The second kappa shape index (κ2) is 8.30. The first kappa shape index (κ1) is 18.5. The average Bonchev–Trinajstić information content (AvgIpc) is 2.58. The predicted octanol–water partition coefficient (Wildman–Crippen LogP) is 2.19. The average molecular weight is 343 g/mol. The van der Waals surface area contributed by atoms with Crippen LogP contribution in [0.1, 0.15) is 32.6 Å². The quantitative estimate of drug-likeness (QED) is 0.716. The Balaban J connectivity index is 2.07. The molecule has 6 heteroatoms. The van der Waals surface area contributed by atoms with Gasteiger partial charge < -0.3 is 20.3 Å². The number of amides is 1. The minimum absolute atomic E-state index is 0.0437. The number of aliphatic carboxylic acids is 1. The molecule has 132 valence electrons. The van der Waals surface area contributed by atoms with Crippen molar-refractivity contribution >= 4 is 11.9 Å². The molecule has 0 fully saturated rings. The zero-order valence-corrected chi connectivity index (χ0v) is 14.2. The van der Waals surface area contributed by atoms with E-state index in [1.54, 1.807) is 26.0 Å². The van der Waals surface area contributed by atoms with E-state index in [-0.39, 0.29) is 12.5 Å². The fraction of sp³-hybridized carbons (Fsp3) is 0.263. The fourth-order valence-corrected chi connectivity index (χ4v) is 2.57. The van der Waals surface area contributed by atoms with Gasteiger partial charge in [0.2, 0.25) is 0 Å². The molecule has 0 atom stereocenters. The van der Waals surface area contributed by atoms with E-state index in [4.69, 9.17) is 14.9 Å². The summed E-state index contributed by atoms with van der Waals surface area (Å²) in [6.45, 7) is 3.42. The molecule has 0 saturated heterocycles. The zero-order valence-electron chi connectivity index (χ0n) is 14.2. The summed E-state index contributed by atoms with van der Waals surface area (Å²) in [5, 5.41) is 20.7. The van der Waals surface area contributed by atoms with Crippen molar-refractivity contribution in [2.45, 2.75) is 27.0 Å². The van der Waals surface area contributed by atoms with E-state index in [1.807, 2.05) is 24.3 Å². The summed E-state index contributed by atoms with van der Waals surface area (Å²) in [7, 11) is 0. The number of aliphatic hydroxyl groups is 1. The van der Waals surface area contributed by atoms with Gasteiger partial charge in [-0.15, -0.1) is 0 Å². The number of carboxylic acids is 1. The lowest BCUT2D eigenvalue weighted by atomic mass is 10.0. The highest BCUT2D eigenvalue weighted by Gasteiger charge is 2.12. The molecule has 2 rings (SSSR count). The van der Waals surface area contributed by atoms with E-state index in [0.29, 0.717) is 29.0 Å². The molecule has 25 heavy (non-hydrogen) atoms. The van der Waals surface area contributed by atoms with E-state index < -0.39 is 12.6 Å². The summed E-state index contributed by atoms with van der Waals surface area (Å²) in [5.74, 6) is -0.800. The minimum atomic E-state index is -1.05. The number of aliphatic hydroxyl groups excluding tert-OH is 1. The predicted molar refractivity (Wildman–Crippen MR) is 92.6 cm³/mol. The van der Waals surface area contributed by atoms with Crippen LogP contribution in [0.5, 0.6) is 5.75 Å². The molecule has 2 aromatic rings. The Bertz CT molecular complexity index is 762. The molecule has 0 unspecified atom stereocenters. The van der Waals surface area contributed by atoms with Gasteiger partial charge >= 0.3 is 5.97 Å². The summed E-state index contributed by atoms with van der Waals surface area (Å²) in [4.78, 5) is 23.0. The third-order valence-electron chi connectivity index (χ3n) is 3.69. The van der Waals surface area contributed by atoms with Crippen molar-refractivity contribution in [3.8, 4) is 5.75 Å². The third-order valence-corrected chi connectivity index (χ3v) is 3.69. The van der Waals surface area contributed by atoms with Gasteiger partial charge in [0.25, 0.3) is 5.91 Å². The standard InChI is InChI=1S/C19H21NO5/c1-12-6-16(7-13(2)18(12)25-11-17(22)23)19(24)20-9-14-4-3-5-15(8-14)10-21/h3-8,21H,9-11H2,1-2H3,(H,20,24)(H,22,23). The highest BCUT2D eigenvalue weighted by Crippen LogP contribution is 2.25. The molecule has 2 aromatic carbocycles. The molecule has 0 aliphatic carbocycles. The van der Waals surface area contributed by atoms with E-state index in [2.05, 4.69) is 5.32 Å². The summed E-state index contributed by atoms with van der Waals surface area (Å²) < 4.78 is 5.26. The number of ether oxygens (including phenoxy) is 1. The number of rotatable bonds is 7. The molecule has 0 bridgehead atoms. The zero-order chi connectivity index (χ0) is 18.4. The normalized spacial score (nSPS) is 10.4. The molecule has 0 radical (unpaired) electrons. The second-order valence-electron chi connectivity index (χ2n) is 5.78. The molecule has 0 spiro atoms. The van der Waals surface area contributed by atoms with Gasteiger partial charge in [-0.05, 0) is 48.2 Å². The molecular weight excluding hydrogens is 322 g/mol. The van der Waals surface area contributed by atoms with Crippen molar-refractivity contribution in [2.24, 2.45) is 0 Å². The Kier molecular flexibility index (Phi) is 6.14. The Hall–Kier alpha value is -2.86. The van der Waals surface area contributed by atoms with Crippen LogP contribution in [0.2, 0.25) is 0 Å². The topological polar surface area (TPSA) is 95.9 Å². The van der Waals surface area contributed by atoms with Gasteiger partial charge in [0.1, 0.15) is 5.75 Å². The first-order valence-corrected chi connectivity index (χ1v) is 7.83. The van der Waals surface area contributed by atoms with Crippen LogP contribution in [-0.4, -0.2) is 28.7 Å². The van der Waals surface area contributed by atoms with Crippen molar-refractivity contribution in [1.29, 1.82) is 0 Å². The first-order chi connectivity index (χ1) is 11.9. The Labute approximate surface area is 146 Å². The van der Waals surface area contributed by atoms with Crippen LogP contribution in [0.3, 0.4) is 0 Å². The van der Waals surface area contributed by atoms with Crippen molar-refractivity contribution < 1.29 is 24.5 Å². The molecule has 3 N–H and O–H groups in total. The van der Waals surface area contributed by atoms with Gasteiger partial charge in [0.05, 0.1) is 6.61 Å². The SMILES string of the molecule is Cc1cc(C(=O)NCc2cccc(CO)c2)cc(C)c1OCC(=O)O. The van der Waals surface area contributed by atoms with E-state index in [9.17, 15) is 9.59 Å². The first-order valence-electron chi connectivity index (χ1n) is 7.83. The number of hydrogen-bond acceptors (Lipinski definition) is 4. The van der Waals surface area contributed by atoms with Crippen molar-refractivity contribution in [1.82, 2.24) is 5.32 Å². The molecule has 0 aromatic heterocycles. The lowest BCUT2D eigenvalue weighted by Gasteiger charge is -2.13. The molecule has 6 nitrogen and oxygen atoms in total. The minimum Gasteiger partial charge on any atom is -0.481 e. The Morgan fingerprint density at radius 1 is 1.08 bits per heavy atom. The summed E-state index contributed by atoms with van der Waals surface area (Å²) in [6.07, 6.45) is 0. The maximum Gasteiger partial charge on any atom is 0.341 e. The number of aryl methyl sites for hydroxylation is 2. The molecule has 0 aliphatic heterocycles. The van der Waals surface area contributed by atoms with Crippen molar-refractivity contribution in [3.05, 3.63) is 64.2 Å². The van der Waals surface area contributed by atoms with Crippen molar-refractivity contribution in [2.75, 3.05) is 6.61 Å². The van der Waals surface area contributed by atoms with Crippen molar-refractivity contribution in [3.63, 3.8) is 0 Å². The maximum absolute atomic E-state index is 12.4. The summed E-state index contributed by atoms with van der Waals surface area (Å²) in [5.41, 5.74) is 3.58. The van der Waals surface area contributed by atoms with Gasteiger partial charge in [-0.1, -0.05) is 24.3 Å². The largest absolute Gasteiger partial charge is 0.481 e. The van der Waals surface area contributed by atoms with Crippen LogP contribution in [0.25, 0.3) is 0 Å². The van der Waals surface area contributed by atoms with Crippen LogP contribution in [0, 0.1) is 13.8 Å². The second-order valence-corrected chi connectivity index (χ2v) is 5.78. The van der Waals surface area contributed by atoms with Crippen LogP contribution >= 0.6 is 0 Å². The number of hydrogen-bond donors (Lipinski definition) is 3. The number of nitrogens with one attached hydrogen (secondary N) is 1. The van der Waals surface area contributed by atoms with Gasteiger partial charge in [-0.2, -0.15) is 0 Å². The highest BCUT2D eigenvalue weighted by atomic mass is 16.5. The monoisotopic (exact) mass is 343 g/mol. The number of carboxylic acid groups (broad SMARTS) is 1. The smallest absolute Gasteiger partial charge is 0.341 e. The summed E-state index contributed by atoms with van der Waals surface area (Å²) >= 11 is 0. The Morgan fingerprint density at radius 2 is 1.72 bits per heavy atom. The van der Waals surface area contributed by atoms with E-state index >= 15 is 0 Å². The van der Waals surface area contributed by atoms with Gasteiger partial charge in [0, 0.05) is 12.1 Å². The van der Waals surface area contributed by atoms with Gasteiger partial charge in [-0.3, -0.25) is 4.79 Å². The van der Waals surface area contributed by atoms with Crippen LogP contribution in [-0.2, 0) is 17.9 Å². The fourth-order valence-electron chi connectivity index (χ4n) is 2.57. The lowest BCUT2D eigenvalue weighted by molar-refractivity contribution is -0.139. The summed E-state index contributed by atoms with van der Waals surface area (Å²) in [6, 6.07) is 10.7. The molecule has 0 saturated carbocycles. The number of benzene rings is 2. The van der Waals surface area contributed by atoms with Crippen LogP contribution < -0.4 is 10.1 Å². The number of carbonyl (C=O) groups is 2.